The molecular formula is C11H12N2O2S. The van der Waals surface area contributed by atoms with E-state index >= 15 is 0 Å². The SMILES string of the molecule is COc1ccc(N2C(=O)[C@@H](C)NC2=S)cc1. The normalized spacial score (nSPS) is 19.9. The predicted octanol–water partition coefficient (Wildman–Crippen LogP) is 1.30. The van der Waals surface area contributed by atoms with Crippen molar-refractivity contribution in [3.8, 4) is 5.75 Å². The lowest BCUT2D eigenvalue weighted by molar-refractivity contribution is -0.117. The third-order valence-corrected chi connectivity index (χ3v) is 2.76. The van der Waals surface area contributed by atoms with Gasteiger partial charge in [-0.05, 0) is 43.4 Å². The predicted molar refractivity (Wildman–Crippen MR) is 65.7 cm³/mol. The van der Waals surface area contributed by atoms with Crippen molar-refractivity contribution in [2.45, 2.75) is 13.0 Å². The van der Waals surface area contributed by atoms with Crippen molar-refractivity contribution < 1.29 is 9.53 Å². The fourth-order valence-electron chi connectivity index (χ4n) is 1.58. The van der Waals surface area contributed by atoms with Crippen molar-refractivity contribution in [2.75, 3.05) is 12.0 Å². The molecule has 0 saturated carbocycles. The number of benzene rings is 1. The third kappa shape index (κ3) is 1.74. The Balaban J connectivity index is 2.30. The Kier molecular flexibility index (Phi) is 2.78. The standard InChI is InChI=1S/C11H12N2O2S/c1-7-10(14)13(11(16)12-7)8-3-5-9(15-2)6-4-8/h3-7H,1-2H3,(H,12,16)/t7-/m1/s1. The van der Waals surface area contributed by atoms with Crippen LogP contribution in [0.25, 0.3) is 0 Å². The van der Waals surface area contributed by atoms with Gasteiger partial charge in [0.1, 0.15) is 11.8 Å². The van der Waals surface area contributed by atoms with Gasteiger partial charge in [0.05, 0.1) is 12.8 Å². The molecule has 0 spiro atoms. The summed E-state index contributed by atoms with van der Waals surface area (Å²) < 4.78 is 5.05. The average molecular weight is 236 g/mol. The summed E-state index contributed by atoms with van der Waals surface area (Å²) in [6, 6.07) is 6.96. The molecule has 1 aliphatic rings. The van der Waals surface area contributed by atoms with Crippen molar-refractivity contribution in [3.63, 3.8) is 0 Å². The first-order valence-corrected chi connectivity index (χ1v) is 5.33. The average Bonchev–Trinajstić information content (AvgIpc) is 2.54. The van der Waals surface area contributed by atoms with Gasteiger partial charge in [-0.15, -0.1) is 0 Å². The molecule has 1 aromatic rings. The van der Waals surface area contributed by atoms with Gasteiger partial charge in [-0.1, -0.05) is 0 Å². The Labute approximate surface area is 99.2 Å². The summed E-state index contributed by atoms with van der Waals surface area (Å²) in [7, 11) is 1.60. The first-order chi connectivity index (χ1) is 7.63. The van der Waals surface area contributed by atoms with E-state index in [1.165, 1.54) is 4.90 Å². The van der Waals surface area contributed by atoms with Crippen LogP contribution in [-0.4, -0.2) is 24.2 Å². The van der Waals surface area contributed by atoms with Crippen LogP contribution in [0, 0.1) is 0 Å². The van der Waals surface area contributed by atoms with Gasteiger partial charge in [0, 0.05) is 0 Å². The van der Waals surface area contributed by atoms with Crippen molar-refractivity contribution in [2.24, 2.45) is 0 Å². The minimum atomic E-state index is -0.255. The number of methoxy groups -OCH3 is 1. The van der Waals surface area contributed by atoms with Crippen molar-refractivity contribution in [1.82, 2.24) is 5.32 Å². The van der Waals surface area contributed by atoms with Gasteiger partial charge in [0.15, 0.2) is 5.11 Å². The summed E-state index contributed by atoms with van der Waals surface area (Å²) in [6.07, 6.45) is 0. The maximum Gasteiger partial charge on any atom is 0.255 e. The molecule has 0 aromatic heterocycles. The molecule has 1 aliphatic heterocycles. The van der Waals surface area contributed by atoms with Crippen LogP contribution >= 0.6 is 12.2 Å². The molecule has 5 heteroatoms. The molecular weight excluding hydrogens is 224 g/mol. The quantitative estimate of drug-likeness (QED) is 0.786. The fraction of sp³-hybridized carbons (Fsp3) is 0.273. The molecule has 16 heavy (non-hydrogen) atoms. The van der Waals surface area contributed by atoms with Crippen LogP contribution in [-0.2, 0) is 4.79 Å². The number of nitrogens with zero attached hydrogens (tertiary/aromatic N) is 1. The highest BCUT2D eigenvalue weighted by molar-refractivity contribution is 7.80. The molecule has 0 bridgehead atoms. The van der Waals surface area contributed by atoms with E-state index in [-0.39, 0.29) is 11.9 Å². The summed E-state index contributed by atoms with van der Waals surface area (Å²) >= 11 is 5.10. The second kappa shape index (κ2) is 4.09. The van der Waals surface area contributed by atoms with Gasteiger partial charge < -0.3 is 10.1 Å². The Hall–Kier alpha value is -1.62. The molecule has 1 aromatic carbocycles. The van der Waals surface area contributed by atoms with Gasteiger partial charge in [-0.3, -0.25) is 9.69 Å². The molecule has 0 radical (unpaired) electrons. The number of anilines is 1. The van der Waals surface area contributed by atoms with E-state index in [0.29, 0.717) is 5.11 Å². The Bertz CT molecular complexity index is 430. The number of hydrogen-bond acceptors (Lipinski definition) is 3. The highest BCUT2D eigenvalue weighted by Gasteiger charge is 2.33. The van der Waals surface area contributed by atoms with Crippen LogP contribution in [0.4, 0.5) is 5.69 Å². The molecule has 84 valence electrons. The molecule has 1 N–H and O–H groups in total. The number of hydrogen-bond donors (Lipinski definition) is 1. The third-order valence-electron chi connectivity index (χ3n) is 2.46. The maximum atomic E-state index is 11.8. The van der Waals surface area contributed by atoms with Crippen LogP contribution in [0.15, 0.2) is 24.3 Å². The van der Waals surface area contributed by atoms with Crippen LogP contribution < -0.4 is 15.0 Å². The minimum Gasteiger partial charge on any atom is -0.497 e. The maximum absolute atomic E-state index is 11.8. The zero-order valence-electron chi connectivity index (χ0n) is 9.06. The van der Waals surface area contributed by atoms with Crippen LogP contribution in [0.1, 0.15) is 6.92 Å². The molecule has 1 saturated heterocycles. The molecule has 4 nitrogen and oxygen atoms in total. The number of amides is 1. The lowest BCUT2D eigenvalue weighted by atomic mass is 10.2. The Morgan fingerprint density at radius 2 is 2.00 bits per heavy atom. The Morgan fingerprint density at radius 3 is 2.44 bits per heavy atom. The zero-order valence-corrected chi connectivity index (χ0v) is 9.88. The van der Waals surface area contributed by atoms with Gasteiger partial charge in [0.2, 0.25) is 0 Å². The highest BCUT2D eigenvalue weighted by atomic mass is 32.1. The van der Waals surface area contributed by atoms with E-state index in [1.54, 1.807) is 26.2 Å². The van der Waals surface area contributed by atoms with E-state index in [9.17, 15) is 4.79 Å². The van der Waals surface area contributed by atoms with Crippen molar-refractivity contribution >= 4 is 28.9 Å². The molecule has 0 aliphatic carbocycles. The lowest BCUT2D eigenvalue weighted by Gasteiger charge is -2.14. The van der Waals surface area contributed by atoms with Gasteiger partial charge >= 0.3 is 0 Å². The second-order valence-electron chi connectivity index (χ2n) is 3.54. The molecule has 1 amide bonds. The van der Waals surface area contributed by atoms with Crippen LogP contribution in [0.3, 0.4) is 0 Å². The molecule has 0 unspecified atom stereocenters. The van der Waals surface area contributed by atoms with Crippen LogP contribution in [0.2, 0.25) is 0 Å². The largest absolute Gasteiger partial charge is 0.497 e. The molecule has 2 rings (SSSR count). The van der Waals surface area contributed by atoms with E-state index in [0.717, 1.165) is 11.4 Å². The van der Waals surface area contributed by atoms with Crippen molar-refractivity contribution in [3.05, 3.63) is 24.3 Å². The topological polar surface area (TPSA) is 41.6 Å². The van der Waals surface area contributed by atoms with E-state index in [1.807, 2.05) is 12.1 Å². The first-order valence-electron chi connectivity index (χ1n) is 4.92. The van der Waals surface area contributed by atoms with Gasteiger partial charge in [-0.25, -0.2) is 0 Å². The lowest BCUT2D eigenvalue weighted by Crippen LogP contribution is -2.30. The number of ether oxygens (including phenoxy) is 1. The summed E-state index contributed by atoms with van der Waals surface area (Å²) in [5.41, 5.74) is 0.757. The summed E-state index contributed by atoms with van der Waals surface area (Å²) in [4.78, 5) is 13.3. The molecule has 1 heterocycles. The zero-order chi connectivity index (χ0) is 11.7. The van der Waals surface area contributed by atoms with E-state index in [4.69, 9.17) is 17.0 Å². The monoisotopic (exact) mass is 236 g/mol. The number of nitrogens with one attached hydrogen (secondary N) is 1. The minimum absolute atomic E-state index is 0.0323. The second-order valence-corrected chi connectivity index (χ2v) is 3.93. The first kappa shape index (κ1) is 10.9. The fourth-order valence-corrected chi connectivity index (χ4v) is 1.95. The van der Waals surface area contributed by atoms with E-state index in [2.05, 4.69) is 5.32 Å². The number of rotatable bonds is 2. The smallest absolute Gasteiger partial charge is 0.255 e. The number of carbonyl (C=O) groups is 1. The van der Waals surface area contributed by atoms with Crippen LogP contribution in [0.5, 0.6) is 5.75 Å². The van der Waals surface area contributed by atoms with Gasteiger partial charge in [0.25, 0.3) is 5.91 Å². The molecule has 1 fully saturated rings. The summed E-state index contributed by atoms with van der Waals surface area (Å²) in [5.74, 6) is 0.720. The highest BCUT2D eigenvalue weighted by Crippen LogP contribution is 2.22. The van der Waals surface area contributed by atoms with E-state index < -0.39 is 0 Å². The van der Waals surface area contributed by atoms with Crippen molar-refractivity contribution in [1.29, 1.82) is 0 Å². The summed E-state index contributed by atoms with van der Waals surface area (Å²) in [6.45, 7) is 1.79. The summed E-state index contributed by atoms with van der Waals surface area (Å²) in [5, 5.41) is 3.37. The number of carbonyl (C=O) groups excluding carboxylic acids is 1. The Morgan fingerprint density at radius 1 is 1.38 bits per heavy atom. The molecule has 1 atom stereocenters. The van der Waals surface area contributed by atoms with Gasteiger partial charge in [-0.2, -0.15) is 0 Å². The number of thiocarbonyl (C=S) groups is 1.